The Kier molecular flexibility index (Phi) is 8.94. The molecule has 0 saturated carbocycles. The van der Waals surface area contributed by atoms with Crippen LogP contribution in [-0.4, -0.2) is 44.6 Å². The average Bonchev–Trinajstić information content (AvgIpc) is 2.87. The fourth-order valence-corrected chi connectivity index (χ4v) is 3.19. The number of nitrogens with one attached hydrogen (secondary N) is 1. The van der Waals surface area contributed by atoms with E-state index in [2.05, 4.69) is 5.32 Å². The third-order valence-electron chi connectivity index (χ3n) is 4.88. The zero-order chi connectivity index (χ0) is 24.3. The van der Waals surface area contributed by atoms with E-state index in [9.17, 15) is 9.90 Å². The summed E-state index contributed by atoms with van der Waals surface area (Å²) in [5.41, 5.74) is 2.06. The predicted molar refractivity (Wildman–Crippen MR) is 132 cm³/mol. The van der Waals surface area contributed by atoms with Crippen molar-refractivity contribution in [2.45, 2.75) is 13.0 Å². The molecule has 0 saturated heterocycles. The second-order valence-corrected chi connectivity index (χ2v) is 7.36. The molecule has 0 fully saturated rings. The first-order valence-electron chi connectivity index (χ1n) is 10.8. The molecule has 7 nitrogen and oxygen atoms in total. The Morgan fingerprint density at radius 1 is 0.912 bits per heavy atom. The maximum Gasteiger partial charge on any atom is 0.259 e. The number of hydrogen-bond acceptors (Lipinski definition) is 6. The van der Waals surface area contributed by atoms with Crippen LogP contribution in [-0.2, 0) is 0 Å². The molecule has 3 rings (SSSR count). The second kappa shape index (κ2) is 12.3. The molecule has 2 N–H and O–H groups in total. The summed E-state index contributed by atoms with van der Waals surface area (Å²) in [6.07, 6.45) is 3.06. The zero-order valence-electron chi connectivity index (χ0n) is 19.5. The van der Waals surface area contributed by atoms with Crippen LogP contribution in [0.1, 0.15) is 22.8 Å². The number of benzene rings is 3. The lowest BCUT2D eigenvalue weighted by Crippen LogP contribution is -2.25. The number of ether oxygens (including phenoxy) is 4. The average molecular weight is 464 g/mol. The zero-order valence-corrected chi connectivity index (χ0v) is 19.5. The summed E-state index contributed by atoms with van der Waals surface area (Å²) in [5.74, 6) is 1.93. The van der Waals surface area contributed by atoms with Crippen molar-refractivity contribution in [3.8, 4) is 23.0 Å². The van der Waals surface area contributed by atoms with Gasteiger partial charge in [-0.15, -0.1) is 0 Å². The standard InChI is InChI=1S/C27H29NO6/c1-4-7-19-10-15-25(26(16-19)32-3)34-18-21(29)17-33-22-13-11-20(12-14-22)28-27(30)23-8-5-6-9-24(23)31-2/h4-16,21,29H,17-18H2,1-3H3,(H,28,30)/b7-4+. The molecule has 178 valence electrons. The van der Waals surface area contributed by atoms with Crippen LogP contribution >= 0.6 is 0 Å². The smallest absolute Gasteiger partial charge is 0.259 e. The first kappa shape index (κ1) is 24.7. The minimum atomic E-state index is -0.843. The molecule has 0 aliphatic rings. The molecule has 0 aromatic heterocycles. The predicted octanol–water partition coefficient (Wildman–Crippen LogP) is 4.81. The van der Waals surface area contributed by atoms with Gasteiger partial charge in [-0.25, -0.2) is 0 Å². The largest absolute Gasteiger partial charge is 0.496 e. The second-order valence-electron chi connectivity index (χ2n) is 7.36. The normalized spacial score (nSPS) is 11.6. The highest BCUT2D eigenvalue weighted by molar-refractivity contribution is 6.06. The third-order valence-corrected chi connectivity index (χ3v) is 4.88. The Morgan fingerprint density at radius 2 is 1.62 bits per heavy atom. The summed E-state index contributed by atoms with van der Waals surface area (Å²) in [6, 6.07) is 19.5. The summed E-state index contributed by atoms with van der Waals surface area (Å²) in [7, 11) is 3.10. The molecule has 0 aliphatic heterocycles. The molecule has 0 spiro atoms. The van der Waals surface area contributed by atoms with Crippen LogP contribution in [0.25, 0.3) is 6.08 Å². The van der Waals surface area contributed by atoms with Gasteiger partial charge in [0, 0.05) is 5.69 Å². The molecule has 3 aromatic rings. The monoisotopic (exact) mass is 463 g/mol. The molecule has 0 bridgehead atoms. The maximum absolute atomic E-state index is 12.5. The van der Waals surface area contributed by atoms with Crippen LogP contribution in [0.4, 0.5) is 5.69 Å². The van der Waals surface area contributed by atoms with Crippen molar-refractivity contribution in [2.24, 2.45) is 0 Å². The molecular weight excluding hydrogens is 434 g/mol. The fraction of sp³-hybridized carbons (Fsp3) is 0.222. The minimum Gasteiger partial charge on any atom is -0.496 e. The van der Waals surface area contributed by atoms with Gasteiger partial charge in [-0.05, 0) is 61.0 Å². The van der Waals surface area contributed by atoms with E-state index in [0.29, 0.717) is 34.2 Å². The summed E-state index contributed by atoms with van der Waals surface area (Å²) in [6.45, 7) is 2.04. The number of rotatable bonds is 11. The van der Waals surface area contributed by atoms with Gasteiger partial charge < -0.3 is 29.4 Å². The Balaban J connectivity index is 1.49. The van der Waals surface area contributed by atoms with Gasteiger partial charge in [0.25, 0.3) is 5.91 Å². The van der Waals surface area contributed by atoms with Gasteiger partial charge in [-0.1, -0.05) is 30.4 Å². The number of aliphatic hydroxyl groups is 1. The van der Waals surface area contributed by atoms with E-state index in [1.807, 2.05) is 31.2 Å². The summed E-state index contributed by atoms with van der Waals surface area (Å²) >= 11 is 0. The van der Waals surface area contributed by atoms with Gasteiger partial charge in [-0.2, -0.15) is 0 Å². The van der Waals surface area contributed by atoms with Crippen molar-refractivity contribution in [2.75, 3.05) is 32.8 Å². The van der Waals surface area contributed by atoms with Crippen LogP contribution in [0, 0.1) is 0 Å². The van der Waals surface area contributed by atoms with Crippen molar-refractivity contribution >= 4 is 17.7 Å². The summed E-state index contributed by atoms with van der Waals surface area (Å²) in [5, 5.41) is 13.1. The van der Waals surface area contributed by atoms with E-state index in [0.717, 1.165) is 5.56 Å². The molecule has 34 heavy (non-hydrogen) atoms. The topological polar surface area (TPSA) is 86.2 Å². The number of carbonyl (C=O) groups excluding carboxylic acids is 1. The van der Waals surface area contributed by atoms with Crippen molar-refractivity contribution in [3.63, 3.8) is 0 Å². The highest BCUT2D eigenvalue weighted by Crippen LogP contribution is 2.29. The maximum atomic E-state index is 12.5. The van der Waals surface area contributed by atoms with Gasteiger partial charge in [-0.3, -0.25) is 4.79 Å². The number of amides is 1. The lowest BCUT2D eigenvalue weighted by atomic mass is 10.2. The van der Waals surface area contributed by atoms with Crippen LogP contribution in [0.3, 0.4) is 0 Å². The van der Waals surface area contributed by atoms with E-state index in [-0.39, 0.29) is 19.1 Å². The van der Waals surface area contributed by atoms with Crippen molar-refractivity contribution in [1.29, 1.82) is 0 Å². The van der Waals surface area contributed by atoms with E-state index in [1.165, 1.54) is 7.11 Å². The number of methoxy groups -OCH3 is 2. The first-order valence-corrected chi connectivity index (χ1v) is 10.8. The van der Waals surface area contributed by atoms with E-state index in [1.54, 1.807) is 61.7 Å². The number of allylic oxidation sites excluding steroid dienone is 1. The van der Waals surface area contributed by atoms with Crippen LogP contribution in [0.5, 0.6) is 23.0 Å². The molecule has 0 heterocycles. The SMILES string of the molecule is C/C=C/c1ccc(OCC(O)COc2ccc(NC(=O)c3ccccc3OC)cc2)c(OC)c1. The van der Waals surface area contributed by atoms with Gasteiger partial charge in [0.2, 0.25) is 0 Å². The highest BCUT2D eigenvalue weighted by atomic mass is 16.5. The first-order chi connectivity index (χ1) is 16.5. The quantitative estimate of drug-likeness (QED) is 0.425. The number of hydrogen-bond donors (Lipinski definition) is 2. The molecule has 3 aromatic carbocycles. The number of aliphatic hydroxyl groups excluding tert-OH is 1. The fourth-order valence-electron chi connectivity index (χ4n) is 3.19. The molecular formula is C27H29NO6. The molecule has 0 radical (unpaired) electrons. The Bertz CT molecular complexity index is 1110. The minimum absolute atomic E-state index is 0.0475. The van der Waals surface area contributed by atoms with Crippen molar-refractivity contribution in [1.82, 2.24) is 0 Å². The molecule has 1 amide bonds. The highest BCUT2D eigenvalue weighted by Gasteiger charge is 2.13. The third kappa shape index (κ3) is 6.76. The Hall–Kier alpha value is -3.97. The van der Waals surface area contributed by atoms with E-state index < -0.39 is 6.10 Å². The molecule has 1 atom stereocenters. The number of anilines is 1. The molecule has 0 aliphatic carbocycles. The lowest BCUT2D eigenvalue weighted by molar-refractivity contribution is 0.0617. The lowest BCUT2D eigenvalue weighted by Gasteiger charge is -2.16. The van der Waals surface area contributed by atoms with Gasteiger partial charge >= 0.3 is 0 Å². The van der Waals surface area contributed by atoms with Gasteiger partial charge in [0.15, 0.2) is 11.5 Å². The van der Waals surface area contributed by atoms with Crippen LogP contribution in [0.15, 0.2) is 72.8 Å². The molecule has 7 heteroatoms. The van der Waals surface area contributed by atoms with Crippen LogP contribution in [0.2, 0.25) is 0 Å². The van der Waals surface area contributed by atoms with Crippen LogP contribution < -0.4 is 24.3 Å². The number of para-hydroxylation sites is 1. The van der Waals surface area contributed by atoms with Crippen molar-refractivity contribution < 1.29 is 28.8 Å². The number of carbonyl (C=O) groups is 1. The summed E-state index contributed by atoms with van der Waals surface area (Å²) < 4.78 is 21.9. The summed E-state index contributed by atoms with van der Waals surface area (Å²) in [4.78, 5) is 12.5. The van der Waals surface area contributed by atoms with Gasteiger partial charge in [0.05, 0.1) is 19.8 Å². The van der Waals surface area contributed by atoms with E-state index in [4.69, 9.17) is 18.9 Å². The molecule has 1 unspecified atom stereocenters. The van der Waals surface area contributed by atoms with E-state index >= 15 is 0 Å². The Morgan fingerprint density at radius 3 is 2.32 bits per heavy atom. The van der Waals surface area contributed by atoms with Gasteiger partial charge in [0.1, 0.15) is 30.8 Å². The van der Waals surface area contributed by atoms with Crippen molar-refractivity contribution in [3.05, 3.63) is 83.9 Å². The Labute approximate surface area is 199 Å².